The number of imidazole rings is 3. The lowest BCUT2D eigenvalue weighted by Crippen LogP contribution is -2.33. The molecule has 4 amide bonds. The van der Waals surface area contributed by atoms with Crippen molar-refractivity contribution in [1.29, 1.82) is 0 Å². The molecule has 2 aliphatic rings. The first-order valence-electron chi connectivity index (χ1n) is 23.1. The molecule has 0 radical (unpaired) electrons. The zero-order chi connectivity index (χ0) is 59.4. The number of fused-ring (bicyclic) bond motifs is 3. The summed E-state index contributed by atoms with van der Waals surface area (Å²) < 4.78 is 11.3. The Morgan fingerprint density at radius 1 is 0.734 bits per heavy atom. The Morgan fingerprint density at radius 2 is 1.11 bits per heavy atom. The number of carbonyl (C=O) groups is 4. The van der Waals surface area contributed by atoms with Gasteiger partial charge in [0.2, 0.25) is 6.08 Å². The van der Waals surface area contributed by atoms with E-state index in [0.717, 1.165) is 89.2 Å². The van der Waals surface area contributed by atoms with Gasteiger partial charge in [-0.15, -0.1) is 66.7 Å². The number of alkyl carbamates (subject to hydrolysis) is 1. The first-order chi connectivity index (χ1) is 37.6. The SMILES string of the molecule is C=C(C)[C@@H]1CC=C(CO)CC1.C=C(C)[C@@H]1CC=C(COC(=O)NC(=O)c2ncn3c(=O)n(C)nnc23)CC1.CPO.ClCCCl.ClCCCl.Cn1nnc2c(C(=O)N=C=O)ncn2c1=O.Cn1nnc2c(C(N)=O)ncn2c1=O. The number of aryl methyl sites for hydroxylation is 3. The van der Waals surface area contributed by atoms with Gasteiger partial charge in [-0.25, -0.2) is 52.1 Å². The van der Waals surface area contributed by atoms with E-state index < -0.39 is 40.9 Å². The van der Waals surface area contributed by atoms with Crippen molar-refractivity contribution in [1.82, 2.24) is 78.5 Å². The molecule has 0 fully saturated rings. The van der Waals surface area contributed by atoms with Crippen LogP contribution in [0.15, 0.2) is 86.0 Å². The number of allylic oxidation sites excluding steroid dienone is 4. The summed E-state index contributed by atoms with van der Waals surface area (Å²) in [6, 6.07) is 0. The molecule has 6 aromatic heterocycles. The van der Waals surface area contributed by atoms with Crippen molar-refractivity contribution in [2.75, 3.05) is 43.4 Å². The summed E-state index contributed by atoms with van der Waals surface area (Å²) in [5.41, 5.74) is 7.73. The molecule has 5 N–H and O–H groups in total. The smallest absolute Gasteiger partial charge is 0.414 e. The monoisotopic (exact) mass is 1200 g/mol. The highest BCUT2D eigenvalue weighted by Crippen LogP contribution is 2.29. The molecule has 6 aromatic rings. The molecule has 0 aliphatic heterocycles. The van der Waals surface area contributed by atoms with Gasteiger partial charge in [0.1, 0.15) is 25.6 Å². The maximum absolute atomic E-state index is 12.2. The number of rotatable bonds is 10. The van der Waals surface area contributed by atoms with Gasteiger partial charge in [-0.2, -0.15) is 14.0 Å². The fourth-order valence-corrected chi connectivity index (χ4v) is 6.52. The second-order valence-corrected chi connectivity index (χ2v) is 18.2. The normalized spacial score (nSPS) is 14.2. The number of aliphatic hydroxyl groups excluding tert-OH is 1. The predicted octanol–water partition coefficient (Wildman–Crippen LogP) is 2.62. The second kappa shape index (κ2) is 35.3. The number of amides is 4. The maximum Gasteiger partial charge on any atom is 0.414 e. The molecular weight excluding hydrogens is 1140 g/mol. The molecule has 1 unspecified atom stereocenters. The van der Waals surface area contributed by atoms with Crippen LogP contribution in [0.4, 0.5) is 4.79 Å². The number of nitrogens with two attached hydrogens (primary N) is 1. The summed E-state index contributed by atoms with van der Waals surface area (Å²) >= 11 is 20.2. The number of nitrogens with zero attached hydrogens (tertiary/aromatic N) is 16. The van der Waals surface area contributed by atoms with Crippen molar-refractivity contribution in [3.8, 4) is 0 Å². The number of carbonyl (C=O) groups excluding carboxylic acids is 5. The summed E-state index contributed by atoms with van der Waals surface area (Å²) in [5.74, 6) is 0.879. The topological polar surface area (TPSA) is 381 Å². The third-order valence-corrected chi connectivity index (χ3v) is 11.8. The van der Waals surface area contributed by atoms with E-state index >= 15 is 0 Å². The third kappa shape index (κ3) is 20.8. The molecule has 0 spiro atoms. The number of aromatic nitrogens is 15. The second-order valence-electron chi connectivity index (χ2n) is 16.2. The molecule has 0 saturated carbocycles. The number of primary amides is 1. The number of ether oxygens (including phenoxy) is 1. The summed E-state index contributed by atoms with van der Waals surface area (Å²) in [6.07, 6.45) is 13.8. The van der Waals surface area contributed by atoms with Crippen molar-refractivity contribution in [3.05, 3.63) is 115 Å². The van der Waals surface area contributed by atoms with Gasteiger partial charge in [0, 0.05) is 53.5 Å². The minimum atomic E-state index is -0.917. The fourth-order valence-electron chi connectivity index (χ4n) is 6.52. The Morgan fingerprint density at radius 3 is 1.47 bits per heavy atom. The molecule has 2 aliphatic carbocycles. The largest absolute Gasteiger partial charge is 0.445 e. The van der Waals surface area contributed by atoms with Crippen LogP contribution < -0.4 is 28.1 Å². The van der Waals surface area contributed by atoms with Gasteiger partial charge < -0.3 is 20.5 Å². The zero-order valence-corrected chi connectivity index (χ0v) is 47.8. The van der Waals surface area contributed by atoms with E-state index in [0.29, 0.717) is 35.4 Å². The molecule has 8 rings (SSSR count). The van der Waals surface area contributed by atoms with Crippen molar-refractivity contribution < 1.29 is 38.7 Å². The number of aliphatic imine (C=N–C) groups is 1. The lowest BCUT2D eigenvalue weighted by Gasteiger charge is -2.21. The van der Waals surface area contributed by atoms with Crippen LogP contribution in [0, 0.1) is 11.8 Å². The van der Waals surface area contributed by atoms with Crippen molar-refractivity contribution >= 4 is 102 Å². The van der Waals surface area contributed by atoms with Crippen LogP contribution in [0.3, 0.4) is 0 Å². The number of nitrogens with one attached hydrogen (secondary N) is 1. The summed E-state index contributed by atoms with van der Waals surface area (Å²) in [7, 11) is 4.35. The van der Waals surface area contributed by atoms with Gasteiger partial charge >= 0.3 is 29.1 Å². The van der Waals surface area contributed by atoms with E-state index in [1.54, 1.807) is 6.66 Å². The highest BCUT2D eigenvalue weighted by molar-refractivity contribution is 7.29. The molecule has 6 heterocycles. The van der Waals surface area contributed by atoms with Crippen LogP contribution >= 0.6 is 55.2 Å². The van der Waals surface area contributed by atoms with Crippen LogP contribution in [-0.2, 0) is 30.7 Å². The zero-order valence-electron chi connectivity index (χ0n) is 43.8. The van der Waals surface area contributed by atoms with Gasteiger partial charge in [0.15, 0.2) is 34.0 Å². The number of hydrogen-bond donors (Lipinski definition) is 4. The minimum absolute atomic E-state index is 0.0378. The van der Waals surface area contributed by atoms with Crippen LogP contribution in [0.5, 0.6) is 0 Å². The van der Waals surface area contributed by atoms with Crippen molar-refractivity contribution in [3.63, 3.8) is 0 Å². The molecule has 29 nitrogen and oxygen atoms in total. The number of aliphatic hydroxyl groups is 1. The van der Waals surface area contributed by atoms with Crippen LogP contribution in [0.2, 0.25) is 0 Å². The number of hydrogen-bond acceptors (Lipinski definition) is 20. The Balaban J connectivity index is 0.000000354. The van der Waals surface area contributed by atoms with Crippen LogP contribution in [0.25, 0.3) is 16.9 Å². The highest BCUT2D eigenvalue weighted by atomic mass is 35.5. The summed E-state index contributed by atoms with van der Waals surface area (Å²) in [5, 5.41) is 32.5. The number of imide groups is 1. The quantitative estimate of drug-likeness (QED) is 0.0503. The summed E-state index contributed by atoms with van der Waals surface area (Å²) in [4.78, 5) is 112. The van der Waals surface area contributed by atoms with Gasteiger partial charge in [0.05, 0.1) is 6.61 Å². The van der Waals surface area contributed by atoms with E-state index in [-0.39, 0.29) is 56.0 Å². The molecule has 0 saturated heterocycles. The first-order valence-corrected chi connectivity index (χ1v) is 26.7. The molecule has 0 bridgehead atoms. The third-order valence-electron chi connectivity index (χ3n) is 10.6. The predicted molar refractivity (Wildman–Crippen MR) is 295 cm³/mol. The van der Waals surface area contributed by atoms with E-state index in [2.05, 4.69) is 82.4 Å². The van der Waals surface area contributed by atoms with Crippen molar-refractivity contribution in [2.24, 2.45) is 43.7 Å². The van der Waals surface area contributed by atoms with Crippen molar-refractivity contribution in [2.45, 2.75) is 52.4 Å². The Kier molecular flexibility index (Phi) is 30.3. The lowest BCUT2D eigenvalue weighted by atomic mass is 9.86. The number of alkyl halides is 4. The summed E-state index contributed by atoms with van der Waals surface area (Å²) in [6.45, 7) is 14.1. The van der Waals surface area contributed by atoms with Crippen LogP contribution in [0.1, 0.15) is 83.8 Å². The molecule has 3 atom stereocenters. The Bertz CT molecular complexity index is 3360. The van der Waals surface area contributed by atoms with Gasteiger partial charge in [-0.3, -0.25) is 19.7 Å². The van der Waals surface area contributed by atoms with E-state index in [1.807, 2.05) is 13.0 Å². The molecule has 79 heavy (non-hydrogen) atoms. The Labute approximate surface area is 471 Å². The average Bonchev–Trinajstić information content (AvgIpc) is 4.24. The van der Waals surface area contributed by atoms with Gasteiger partial charge in [-0.1, -0.05) is 52.1 Å². The van der Waals surface area contributed by atoms with E-state index in [9.17, 15) is 38.4 Å². The molecule has 428 valence electrons. The lowest BCUT2D eigenvalue weighted by molar-refractivity contribution is 0.0921. The molecule has 0 aromatic carbocycles. The van der Waals surface area contributed by atoms with Crippen LogP contribution in [-0.4, -0.2) is 156 Å². The number of isocyanates is 1. The molecule has 34 heteroatoms. The number of halogens is 4. The molecular formula is C45H59Cl4N18O11P. The Hall–Kier alpha value is -7.23. The minimum Gasteiger partial charge on any atom is -0.445 e. The fraction of sp³-hybridized carbons (Fsp3) is 0.444. The average molecular weight is 1200 g/mol. The van der Waals surface area contributed by atoms with Gasteiger partial charge in [-0.05, 0) is 82.0 Å². The highest BCUT2D eigenvalue weighted by Gasteiger charge is 2.22. The standard InChI is InChI=1S/C17H20N6O4.C10H16O.C7H4N6O3.C6H6N6O2.2C2H4Cl2.CH5OP/c1-10(2)12-6-4-11(5-7-12)8-27-16(25)19-15(24)13-14-20-21-22(3)17(26)23(14)9-18-13;1-8(2)10-5-3-9(7-11)4-6-10;1-12-7(16)13-2-8-4(5(13)10-11-12)6(15)9-3-14;1-11-6(14)12-2-8-3(4(7)13)5(12)9-10-11;2*3-1-2-4;1-3-2/h4,9,12H,1,5-8H2,2-3H3,(H,19,24,25);3,10-11H,1,4-7H2,2H3;2H,1H3;2H,1H3,(H2,7,13);2*1-2H2;2-3H,1H3/t12-;10-;;;;;/m11...../s1. The van der Waals surface area contributed by atoms with E-state index in [4.69, 9.17) is 66.9 Å². The maximum atomic E-state index is 12.2. The van der Waals surface area contributed by atoms with E-state index in [1.165, 1.54) is 45.0 Å². The van der Waals surface area contributed by atoms with Gasteiger partial charge in [0.25, 0.3) is 11.8 Å². The first kappa shape index (κ1) is 67.9.